The van der Waals surface area contributed by atoms with Gasteiger partial charge in [0.15, 0.2) is 0 Å². The van der Waals surface area contributed by atoms with Gasteiger partial charge in [-0.3, -0.25) is 14.7 Å². The first kappa shape index (κ1) is 16.6. The number of pyridine rings is 1. The van der Waals surface area contributed by atoms with Crippen LogP contribution in [0.25, 0.3) is 5.69 Å². The standard InChI is InChI=1S/C21H19N5O2/c27-20-13-17(19-2-1-10-25(19)14-5-7-22-8-6-14)16-4-3-15(12-18(16)24-20)26-11-9-23-21(26)28/h1-8,10,12,17H,9,11,13H2,(H,23,28)(H,24,27). The summed E-state index contributed by atoms with van der Waals surface area (Å²) in [4.78, 5) is 30.2. The van der Waals surface area contributed by atoms with Gasteiger partial charge in [0.1, 0.15) is 0 Å². The molecular formula is C21H19N5O2. The summed E-state index contributed by atoms with van der Waals surface area (Å²) >= 11 is 0. The number of nitrogens with one attached hydrogen (secondary N) is 2. The van der Waals surface area contributed by atoms with E-state index in [-0.39, 0.29) is 17.9 Å². The Hall–Kier alpha value is -3.61. The number of rotatable bonds is 3. The average Bonchev–Trinajstić information content (AvgIpc) is 3.36. The van der Waals surface area contributed by atoms with E-state index in [4.69, 9.17) is 0 Å². The van der Waals surface area contributed by atoms with Crippen LogP contribution in [0, 0.1) is 0 Å². The lowest BCUT2D eigenvalue weighted by atomic mass is 9.87. The highest BCUT2D eigenvalue weighted by atomic mass is 16.2. The van der Waals surface area contributed by atoms with Crippen LogP contribution in [0.3, 0.4) is 0 Å². The van der Waals surface area contributed by atoms with Crippen molar-refractivity contribution in [2.45, 2.75) is 12.3 Å². The molecule has 7 nitrogen and oxygen atoms in total. The number of hydrogen-bond donors (Lipinski definition) is 2. The van der Waals surface area contributed by atoms with Crippen LogP contribution in [0.1, 0.15) is 23.6 Å². The molecule has 3 aromatic rings. The van der Waals surface area contributed by atoms with Crippen molar-refractivity contribution in [1.82, 2.24) is 14.9 Å². The smallest absolute Gasteiger partial charge is 0.321 e. The Morgan fingerprint density at radius 1 is 1.04 bits per heavy atom. The quantitative estimate of drug-likeness (QED) is 0.741. The SMILES string of the molecule is O=C1CC(c2cccn2-c2ccncc2)c2ccc(N3CCNC3=O)cc2N1. The monoisotopic (exact) mass is 373 g/mol. The molecule has 0 bridgehead atoms. The van der Waals surface area contributed by atoms with Crippen molar-refractivity contribution in [3.63, 3.8) is 0 Å². The molecule has 1 atom stereocenters. The Kier molecular flexibility index (Phi) is 3.86. The van der Waals surface area contributed by atoms with Crippen molar-refractivity contribution < 1.29 is 9.59 Å². The number of carbonyl (C=O) groups excluding carboxylic acids is 2. The van der Waals surface area contributed by atoms with E-state index in [9.17, 15) is 9.59 Å². The van der Waals surface area contributed by atoms with Gasteiger partial charge in [-0.2, -0.15) is 0 Å². The molecule has 2 aromatic heterocycles. The molecule has 2 N–H and O–H groups in total. The highest BCUT2D eigenvalue weighted by molar-refractivity contribution is 5.98. The fourth-order valence-electron chi connectivity index (χ4n) is 4.02. The molecule has 5 rings (SSSR count). The van der Waals surface area contributed by atoms with E-state index in [0.717, 1.165) is 28.3 Å². The number of fused-ring (bicyclic) bond motifs is 1. The molecule has 0 radical (unpaired) electrons. The Morgan fingerprint density at radius 2 is 1.89 bits per heavy atom. The number of carbonyl (C=O) groups is 2. The summed E-state index contributed by atoms with van der Waals surface area (Å²) in [5, 5.41) is 5.78. The van der Waals surface area contributed by atoms with Crippen LogP contribution in [0.15, 0.2) is 61.1 Å². The molecule has 140 valence electrons. The van der Waals surface area contributed by atoms with Crippen molar-refractivity contribution in [3.8, 4) is 5.69 Å². The number of hydrogen-bond acceptors (Lipinski definition) is 3. The number of nitrogens with zero attached hydrogens (tertiary/aromatic N) is 3. The van der Waals surface area contributed by atoms with Gasteiger partial charge in [-0.15, -0.1) is 0 Å². The first-order valence-electron chi connectivity index (χ1n) is 9.27. The second kappa shape index (κ2) is 6.53. The molecule has 28 heavy (non-hydrogen) atoms. The molecule has 0 saturated carbocycles. The Morgan fingerprint density at radius 3 is 2.68 bits per heavy atom. The maximum atomic E-state index is 12.5. The summed E-state index contributed by atoms with van der Waals surface area (Å²) in [7, 11) is 0. The summed E-state index contributed by atoms with van der Waals surface area (Å²) < 4.78 is 2.09. The van der Waals surface area contributed by atoms with Crippen LogP contribution in [-0.2, 0) is 4.79 Å². The average molecular weight is 373 g/mol. The Labute approximate surface area is 162 Å². The van der Waals surface area contributed by atoms with Gasteiger partial charge in [-0.1, -0.05) is 6.07 Å². The van der Waals surface area contributed by atoms with Crippen LogP contribution in [0.5, 0.6) is 0 Å². The van der Waals surface area contributed by atoms with Gasteiger partial charge < -0.3 is 15.2 Å². The van der Waals surface area contributed by atoms with Crippen LogP contribution in [0.2, 0.25) is 0 Å². The Bertz CT molecular complexity index is 1060. The summed E-state index contributed by atoms with van der Waals surface area (Å²) in [6.07, 6.45) is 5.90. The second-order valence-corrected chi connectivity index (χ2v) is 6.97. The number of urea groups is 1. The molecular weight excluding hydrogens is 354 g/mol. The number of anilines is 2. The van der Waals surface area contributed by atoms with Gasteiger partial charge in [0.05, 0.1) is 0 Å². The van der Waals surface area contributed by atoms with Crippen molar-refractivity contribution in [3.05, 3.63) is 72.3 Å². The van der Waals surface area contributed by atoms with E-state index in [2.05, 4.69) is 26.3 Å². The Balaban J connectivity index is 1.56. The maximum absolute atomic E-state index is 12.5. The van der Waals surface area contributed by atoms with Crippen LogP contribution in [0.4, 0.5) is 16.2 Å². The predicted molar refractivity (Wildman–Crippen MR) is 106 cm³/mol. The normalized spacial score (nSPS) is 18.6. The molecule has 0 aliphatic carbocycles. The fourth-order valence-corrected chi connectivity index (χ4v) is 4.02. The third-order valence-electron chi connectivity index (χ3n) is 5.32. The number of benzene rings is 1. The first-order chi connectivity index (χ1) is 13.7. The summed E-state index contributed by atoms with van der Waals surface area (Å²) in [5.74, 6) is -0.0867. The fraction of sp³-hybridized carbons (Fsp3) is 0.190. The van der Waals surface area contributed by atoms with E-state index in [1.807, 2.05) is 42.6 Å². The molecule has 2 aliphatic heterocycles. The van der Waals surface area contributed by atoms with Gasteiger partial charge in [0, 0.05) is 66.8 Å². The minimum Gasteiger partial charge on any atom is -0.336 e. The number of amides is 3. The van der Waals surface area contributed by atoms with Crippen LogP contribution >= 0.6 is 0 Å². The molecule has 1 unspecified atom stereocenters. The molecule has 0 spiro atoms. The highest BCUT2D eigenvalue weighted by Gasteiger charge is 2.30. The zero-order chi connectivity index (χ0) is 19.1. The molecule has 2 aliphatic rings. The van der Waals surface area contributed by atoms with Crippen molar-refractivity contribution in [1.29, 1.82) is 0 Å². The minimum atomic E-state index is -0.106. The third kappa shape index (κ3) is 2.72. The topological polar surface area (TPSA) is 79.3 Å². The van der Waals surface area contributed by atoms with Gasteiger partial charge in [0.25, 0.3) is 0 Å². The van der Waals surface area contributed by atoms with E-state index in [1.54, 1.807) is 17.3 Å². The van der Waals surface area contributed by atoms with Gasteiger partial charge in [0.2, 0.25) is 5.91 Å². The zero-order valence-corrected chi connectivity index (χ0v) is 15.1. The second-order valence-electron chi connectivity index (χ2n) is 6.97. The van der Waals surface area contributed by atoms with E-state index in [0.29, 0.717) is 19.5 Å². The predicted octanol–water partition coefficient (Wildman–Crippen LogP) is 2.88. The molecule has 4 heterocycles. The van der Waals surface area contributed by atoms with Crippen LogP contribution in [-0.4, -0.2) is 34.6 Å². The number of aromatic nitrogens is 2. The summed E-state index contributed by atoms with van der Waals surface area (Å²) in [6, 6.07) is 13.7. The summed E-state index contributed by atoms with van der Waals surface area (Å²) in [6.45, 7) is 1.25. The lowest BCUT2D eigenvalue weighted by Gasteiger charge is -2.28. The minimum absolute atomic E-state index is 0.0250. The maximum Gasteiger partial charge on any atom is 0.321 e. The van der Waals surface area contributed by atoms with E-state index in [1.165, 1.54) is 0 Å². The van der Waals surface area contributed by atoms with Crippen LogP contribution < -0.4 is 15.5 Å². The molecule has 3 amide bonds. The highest BCUT2D eigenvalue weighted by Crippen LogP contribution is 2.39. The van der Waals surface area contributed by atoms with Crippen molar-refractivity contribution in [2.24, 2.45) is 0 Å². The lowest BCUT2D eigenvalue weighted by Crippen LogP contribution is -2.29. The van der Waals surface area contributed by atoms with Crippen molar-refractivity contribution >= 4 is 23.3 Å². The van der Waals surface area contributed by atoms with Crippen molar-refractivity contribution in [2.75, 3.05) is 23.3 Å². The largest absolute Gasteiger partial charge is 0.336 e. The first-order valence-corrected chi connectivity index (χ1v) is 9.27. The third-order valence-corrected chi connectivity index (χ3v) is 5.32. The van der Waals surface area contributed by atoms with E-state index < -0.39 is 0 Å². The molecule has 1 saturated heterocycles. The lowest BCUT2D eigenvalue weighted by molar-refractivity contribution is -0.116. The van der Waals surface area contributed by atoms with E-state index >= 15 is 0 Å². The molecule has 1 aromatic carbocycles. The zero-order valence-electron chi connectivity index (χ0n) is 15.1. The molecule has 7 heteroatoms. The van der Waals surface area contributed by atoms with Gasteiger partial charge in [-0.05, 0) is 42.0 Å². The molecule has 1 fully saturated rings. The summed E-state index contributed by atoms with van der Waals surface area (Å²) in [5.41, 5.74) is 4.67. The van der Waals surface area contributed by atoms with Gasteiger partial charge in [-0.25, -0.2) is 4.79 Å². The van der Waals surface area contributed by atoms with Gasteiger partial charge >= 0.3 is 6.03 Å².